The molecule has 2 aliphatic rings. The molecule has 3 rings (SSSR count). The average Bonchev–Trinajstić information content (AvgIpc) is 2.83. The maximum atomic E-state index is 9.64. The van der Waals surface area contributed by atoms with Crippen molar-refractivity contribution in [3.63, 3.8) is 0 Å². The molecule has 0 aromatic carbocycles. The van der Waals surface area contributed by atoms with E-state index in [0.29, 0.717) is 23.8 Å². The van der Waals surface area contributed by atoms with Crippen LogP contribution < -0.4 is 16.0 Å². The third-order valence-electron chi connectivity index (χ3n) is 4.42. The summed E-state index contributed by atoms with van der Waals surface area (Å²) in [6.07, 6.45) is 1.76. The van der Waals surface area contributed by atoms with Gasteiger partial charge in [0.15, 0.2) is 5.89 Å². The van der Waals surface area contributed by atoms with Gasteiger partial charge in [0.1, 0.15) is 11.5 Å². The normalized spacial score (nSPS) is 20.9. The van der Waals surface area contributed by atoms with Gasteiger partial charge in [0.05, 0.1) is 30.1 Å². The van der Waals surface area contributed by atoms with E-state index >= 15 is 0 Å². The van der Waals surface area contributed by atoms with Crippen LogP contribution in [0.1, 0.15) is 31.4 Å². The van der Waals surface area contributed by atoms with Crippen LogP contribution in [0.4, 0.5) is 5.88 Å². The Hall–Kier alpha value is -2.00. The zero-order chi connectivity index (χ0) is 14.3. The first-order valence-electron chi connectivity index (χ1n) is 7.11. The Morgan fingerprint density at radius 2 is 2.20 bits per heavy atom. The molecule has 0 atom stereocenters. The number of nitriles is 1. The molecular formula is C14H20N5O+. The van der Waals surface area contributed by atoms with Gasteiger partial charge in [0.25, 0.3) is 0 Å². The number of rotatable bonds is 1. The number of aryl methyl sites for hydroxylation is 1. The first-order valence-corrected chi connectivity index (χ1v) is 7.11. The average molecular weight is 274 g/mol. The number of anilines is 1. The van der Waals surface area contributed by atoms with Crippen LogP contribution in [-0.4, -0.2) is 24.6 Å². The molecule has 1 aromatic rings. The fourth-order valence-corrected chi connectivity index (χ4v) is 3.45. The van der Waals surface area contributed by atoms with Crippen molar-refractivity contribution in [3.05, 3.63) is 23.0 Å². The summed E-state index contributed by atoms with van der Waals surface area (Å²) >= 11 is 0. The number of nitrogens with zero attached hydrogens (tertiary/aromatic N) is 3. The Labute approximate surface area is 118 Å². The van der Waals surface area contributed by atoms with Crippen molar-refractivity contribution in [1.82, 2.24) is 4.98 Å². The molecule has 0 bridgehead atoms. The fraction of sp³-hybridized carbons (Fsp3) is 0.571. The summed E-state index contributed by atoms with van der Waals surface area (Å²) in [5, 5.41) is 11.9. The number of fused-ring (bicyclic) bond motifs is 2. The zero-order valence-corrected chi connectivity index (χ0v) is 11.9. The van der Waals surface area contributed by atoms with E-state index in [1.165, 1.54) is 0 Å². The predicted octanol–water partition coefficient (Wildman–Crippen LogP) is 0.112. The van der Waals surface area contributed by atoms with E-state index in [-0.39, 0.29) is 5.41 Å². The number of nitrogens with two attached hydrogens (primary N) is 2. The summed E-state index contributed by atoms with van der Waals surface area (Å²) in [6.45, 7) is 6.47. The summed E-state index contributed by atoms with van der Waals surface area (Å²) < 4.78 is 5.78. The summed E-state index contributed by atoms with van der Waals surface area (Å²) in [7, 11) is 0. The van der Waals surface area contributed by atoms with Crippen LogP contribution >= 0.6 is 0 Å². The largest absolute Gasteiger partial charge is 0.425 e. The van der Waals surface area contributed by atoms with Crippen molar-refractivity contribution < 1.29 is 9.73 Å². The molecule has 1 spiro atoms. The molecule has 2 aliphatic heterocycles. The lowest BCUT2D eigenvalue weighted by molar-refractivity contribution is -0.665. The number of hydrogen-bond donors (Lipinski definition) is 2. The minimum Gasteiger partial charge on any atom is -0.425 e. The maximum absolute atomic E-state index is 9.64. The maximum Gasteiger partial charge on any atom is 0.226 e. The van der Waals surface area contributed by atoms with Crippen LogP contribution in [0.3, 0.4) is 0 Å². The second kappa shape index (κ2) is 4.53. The molecule has 1 fully saturated rings. The second-order valence-corrected chi connectivity index (χ2v) is 5.45. The molecule has 6 heteroatoms. The highest BCUT2D eigenvalue weighted by Crippen LogP contribution is 2.48. The summed E-state index contributed by atoms with van der Waals surface area (Å²) in [5.74, 6) is 1.89. The molecule has 4 N–H and O–H groups in total. The minimum atomic E-state index is -0.355. The van der Waals surface area contributed by atoms with Gasteiger partial charge in [-0.15, -0.1) is 0 Å². The highest BCUT2D eigenvalue weighted by Gasteiger charge is 2.50. The van der Waals surface area contributed by atoms with E-state index in [1.807, 2.05) is 18.7 Å². The van der Waals surface area contributed by atoms with Crippen molar-refractivity contribution in [2.75, 3.05) is 24.5 Å². The fourth-order valence-electron chi connectivity index (χ4n) is 3.45. The Morgan fingerprint density at radius 3 is 2.80 bits per heavy atom. The number of piperidine rings is 1. The Bertz CT molecular complexity index is 604. The SMILES string of the molecule is CCN1C(N)=C(C#N)C2(CC[NH2+]CC2)c2nc(C)oc21. The molecule has 0 unspecified atom stereocenters. The lowest BCUT2D eigenvalue weighted by atomic mass is 9.69. The number of hydrogen-bond acceptors (Lipinski definition) is 5. The molecule has 20 heavy (non-hydrogen) atoms. The molecule has 0 saturated carbocycles. The Balaban J connectivity index is 2.25. The van der Waals surface area contributed by atoms with Crippen molar-refractivity contribution in [3.8, 4) is 6.07 Å². The first-order chi connectivity index (χ1) is 9.64. The van der Waals surface area contributed by atoms with E-state index in [2.05, 4.69) is 16.4 Å². The van der Waals surface area contributed by atoms with Gasteiger partial charge in [-0.05, 0) is 6.92 Å². The molecule has 0 amide bonds. The molecule has 3 heterocycles. The topological polar surface area (TPSA) is 95.7 Å². The van der Waals surface area contributed by atoms with E-state index in [1.54, 1.807) is 0 Å². The van der Waals surface area contributed by atoms with Crippen molar-refractivity contribution in [2.45, 2.75) is 32.1 Å². The monoisotopic (exact) mass is 274 g/mol. The van der Waals surface area contributed by atoms with Gasteiger partial charge < -0.3 is 15.5 Å². The Morgan fingerprint density at radius 1 is 1.50 bits per heavy atom. The van der Waals surface area contributed by atoms with Gasteiger partial charge in [-0.25, -0.2) is 4.98 Å². The summed E-state index contributed by atoms with van der Waals surface area (Å²) in [6, 6.07) is 2.35. The molecule has 1 aromatic heterocycles. The van der Waals surface area contributed by atoms with Crippen LogP contribution in [-0.2, 0) is 5.41 Å². The molecule has 6 nitrogen and oxygen atoms in total. The van der Waals surface area contributed by atoms with E-state index in [9.17, 15) is 5.26 Å². The van der Waals surface area contributed by atoms with Crippen molar-refractivity contribution >= 4 is 5.88 Å². The first kappa shape index (κ1) is 13.0. The molecule has 0 radical (unpaired) electrons. The van der Waals surface area contributed by atoms with Crippen LogP contribution in [0.2, 0.25) is 0 Å². The van der Waals surface area contributed by atoms with Crippen LogP contribution in [0, 0.1) is 18.3 Å². The van der Waals surface area contributed by atoms with Crippen LogP contribution in [0.25, 0.3) is 0 Å². The smallest absolute Gasteiger partial charge is 0.226 e. The third kappa shape index (κ3) is 1.56. The number of allylic oxidation sites excluding steroid dienone is 1. The quantitative estimate of drug-likeness (QED) is 0.758. The highest BCUT2D eigenvalue weighted by atomic mass is 16.4. The standard InChI is InChI=1S/C14H19N5O/c1-3-19-12(16)10(8-15)14(4-6-17-7-5-14)11-13(19)20-9(2)18-11/h17H,3-7,16H2,1-2H3/p+1. The van der Waals surface area contributed by atoms with E-state index in [4.69, 9.17) is 10.2 Å². The van der Waals surface area contributed by atoms with E-state index < -0.39 is 0 Å². The second-order valence-electron chi connectivity index (χ2n) is 5.45. The van der Waals surface area contributed by atoms with Gasteiger partial charge in [0, 0.05) is 26.3 Å². The molecular weight excluding hydrogens is 254 g/mol. The van der Waals surface area contributed by atoms with Crippen LogP contribution in [0.5, 0.6) is 0 Å². The molecule has 1 saturated heterocycles. The van der Waals surface area contributed by atoms with Gasteiger partial charge in [-0.2, -0.15) is 5.26 Å². The van der Waals surface area contributed by atoms with Gasteiger partial charge in [0.2, 0.25) is 5.88 Å². The van der Waals surface area contributed by atoms with Crippen molar-refractivity contribution in [2.24, 2.45) is 5.73 Å². The van der Waals surface area contributed by atoms with Crippen molar-refractivity contribution in [1.29, 1.82) is 5.26 Å². The third-order valence-corrected chi connectivity index (χ3v) is 4.42. The zero-order valence-electron chi connectivity index (χ0n) is 11.9. The number of quaternary nitrogens is 1. The van der Waals surface area contributed by atoms with Gasteiger partial charge in [-0.3, -0.25) is 4.90 Å². The minimum absolute atomic E-state index is 0.355. The van der Waals surface area contributed by atoms with Crippen LogP contribution in [0.15, 0.2) is 15.8 Å². The molecule has 0 aliphatic carbocycles. The highest BCUT2D eigenvalue weighted by molar-refractivity contribution is 5.63. The predicted molar refractivity (Wildman–Crippen MR) is 73.7 cm³/mol. The summed E-state index contributed by atoms with van der Waals surface area (Å²) in [5.41, 5.74) is 7.46. The number of oxazole rings is 1. The number of aromatic nitrogens is 1. The molecule has 106 valence electrons. The van der Waals surface area contributed by atoms with E-state index in [0.717, 1.165) is 37.5 Å². The lowest BCUT2D eigenvalue weighted by Crippen LogP contribution is -2.87. The van der Waals surface area contributed by atoms with Gasteiger partial charge >= 0.3 is 0 Å². The lowest BCUT2D eigenvalue weighted by Gasteiger charge is -2.40. The van der Waals surface area contributed by atoms with Gasteiger partial charge in [-0.1, -0.05) is 0 Å². The Kier molecular flexibility index (Phi) is 2.94. The summed E-state index contributed by atoms with van der Waals surface area (Å²) in [4.78, 5) is 6.45.